The van der Waals surface area contributed by atoms with Gasteiger partial charge in [0.05, 0.1) is 10.7 Å². The van der Waals surface area contributed by atoms with Crippen molar-refractivity contribution in [3.63, 3.8) is 0 Å². The number of benzene rings is 1. The first-order valence-corrected chi connectivity index (χ1v) is 14.0. The van der Waals surface area contributed by atoms with Crippen molar-refractivity contribution in [2.75, 3.05) is 56.5 Å². The molecule has 0 aromatic heterocycles. The first-order valence-electron chi connectivity index (χ1n) is 12.2. The summed E-state index contributed by atoms with van der Waals surface area (Å²) < 4.78 is 29.2. The molecule has 184 valence electrons. The number of carbonyl (C=O) groups is 1. The predicted molar refractivity (Wildman–Crippen MR) is 133 cm³/mol. The van der Waals surface area contributed by atoms with E-state index in [1.54, 1.807) is 22.3 Å². The van der Waals surface area contributed by atoms with Crippen LogP contribution in [-0.4, -0.2) is 80.3 Å². The number of amides is 2. The molecule has 3 fully saturated rings. The molecule has 1 aliphatic carbocycles. The number of piperidine rings is 1. The minimum Gasteiger partial charge on any atom is -0.370 e. The first-order chi connectivity index (χ1) is 15.9. The second-order valence-corrected chi connectivity index (χ2v) is 11.7. The zero-order chi connectivity index (χ0) is 23.4. The molecule has 1 N–H and O–H groups in total. The van der Waals surface area contributed by atoms with Crippen molar-refractivity contribution in [1.29, 1.82) is 0 Å². The Bertz CT molecular complexity index is 924. The Kier molecular flexibility index (Phi) is 8.04. The number of carbonyl (C=O) groups excluding carboxylic acids is 1. The quantitative estimate of drug-likeness (QED) is 0.667. The maximum Gasteiger partial charge on any atom is 0.321 e. The zero-order valence-corrected chi connectivity index (χ0v) is 21.1. The van der Waals surface area contributed by atoms with Crippen LogP contribution in [0.4, 0.5) is 16.2 Å². The molecular formula is C23H36ClN5O3S. The van der Waals surface area contributed by atoms with Crippen LogP contribution >= 0.6 is 11.6 Å². The molecule has 0 bridgehead atoms. The number of urea groups is 1. The minimum absolute atomic E-state index is 0.0859. The monoisotopic (exact) mass is 497 g/mol. The van der Waals surface area contributed by atoms with Crippen LogP contribution < -0.4 is 10.2 Å². The fourth-order valence-corrected chi connectivity index (χ4v) is 6.99. The summed E-state index contributed by atoms with van der Waals surface area (Å²) in [6.07, 6.45) is 8.81. The van der Waals surface area contributed by atoms with E-state index in [2.05, 4.69) is 10.2 Å². The van der Waals surface area contributed by atoms with Crippen LogP contribution in [0, 0.1) is 0 Å². The summed E-state index contributed by atoms with van der Waals surface area (Å²) in [5, 5.41) is 3.55. The fourth-order valence-electron chi connectivity index (χ4n) is 5.12. The van der Waals surface area contributed by atoms with Crippen molar-refractivity contribution < 1.29 is 13.2 Å². The number of rotatable bonds is 5. The van der Waals surface area contributed by atoms with E-state index in [0.717, 1.165) is 44.5 Å². The number of hydrogen-bond acceptors (Lipinski definition) is 4. The molecule has 1 aromatic rings. The van der Waals surface area contributed by atoms with Crippen LogP contribution in [0.5, 0.6) is 0 Å². The van der Waals surface area contributed by atoms with Gasteiger partial charge >= 0.3 is 6.03 Å². The number of nitrogens with zero attached hydrogens (tertiary/aromatic N) is 4. The molecule has 0 atom stereocenters. The lowest BCUT2D eigenvalue weighted by atomic mass is 9.96. The average molecular weight is 498 g/mol. The number of hydrogen-bond donors (Lipinski definition) is 1. The molecule has 2 saturated heterocycles. The molecule has 4 rings (SSSR count). The summed E-state index contributed by atoms with van der Waals surface area (Å²) in [5.41, 5.74) is 1.66. The third kappa shape index (κ3) is 5.75. The summed E-state index contributed by atoms with van der Waals surface area (Å²) in [4.78, 5) is 16.7. The van der Waals surface area contributed by atoms with E-state index >= 15 is 0 Å². The molecule has 0 unspecified atom stereocenters. The van der Waals surface area contributed by atoms with Crippen LogP contribution in [0.15, 0.2) is 18.2 Å². The summed E-state index contributed by atoms with van der Waals surface area (Å²) in [6.45, 7) is 3.36. The highest BCUT2D eigenvalue weighted by atomic mass is 35.5. The van der Waals surface area contributed by atoms with Crippen LogP contribution in [0.3, 0.4) is 0 Å². The number of halogens is 1. The fraction of sp³-hybridized carbons (Fsp3) is 0.696. The van der Waals surface area contributed by atoms with Crippen molar-refractivity contribution in [2.45, 2.75) is 57.4 Å². The van der Waals surface area contributed by atoms with Gasteiger partial charge in [0, 0.05) is 58.0 Å². The molecule has 3 aliphatic rings. The Labute approximate surface area is 203 Å². The number of nitrogens with one attached hydrogen (secondary N) is 1. The van der Waals surface area contributed by atoms with Crippen molar-refractivity contribution in [2.24, 2.45) is 0 Å². The lowest BCUT2D eigenvalue weighted by Crippen LogP contribution is -2.55. The Morgan fingerprint density at radius 2 is 1.61 bits per heavy atom. The van der Waals surface area contributed by atoms with Gasteiger partial charge in [-0.05, 0) is 50.3 Å². The molecule has 0 spiro atoms. The van der Waals surface area contributed by atoms with E-state index in [0.29, 0.717) is 36.9 Å². The van der Waals surface area contributed by atoms with Gasteiger partial charge in [0.2, 0.25) is 0 Å². The Morgan fingerprint density at radius 3 is 2.24 bits per heavy atom. The van der Waals surface area contributed by atoms with Gasteiger partial charge in [0.1, 0.15) is 0 Å². The molecule has 2 aliphatic heterocycles. The van der Waals surface area contributed by atoms with Gasteiger partial charge in [-0.3, -0.25) is 0 Å². The number of anilines is 2. The van der Waals surface area contributed by atoms with Crippen molar-refractivity contribution >= 4 is 39.2 Å². The van der Waals surface area contributed by atoms with Gasteiger partial charge in [-0.1, -0.05) is 30.9 Å². The molecule has 2 amide bonds. The maximum absolute atomic E-state index is 13.1. The van der Waals surface area contributed by atoms with Gasteiger partial charge in [0.15, 0.2) is 0 Å². The number of piperazine rings is 1. The van der Waals surface area contributed by atoms with E-state index in [-0.39, 0.29) is 12.1 Å². The van der Waals surface area contributed by atoms with Crippen molar-refractivity contribution in [3.05, 3.63) is 23.2 Å². The van der Waals surface area contributed by atoms with Crippen LogP contribution in [0.25, 0.3) is 0 Å². The van der Waals surface area contributed by atoms with Crippen molar-refractivity contribution in [3.8, 4) is 0 Å². The molecule has 1 saturated carbocycles. The molecule has 10 heteroatoms. The summed E-state index contributed by atoms with van der Waals surface area (Å²) in [7, 11) is -1.81. The van der Waals surface area contributed by atoms with E-state index in [9.17, 15) is 13.2 Å². The third-order valence-electron chi connectivity index (χ3n) is 7.20. The lowest BCUT2D eigenvalue weighted by Gasteiger charge is -2.38. The normalized spacial score (nSPS) is 21.4. The van der Waals surface area contributed by atoms with Crippen LogP contribution in [0.2, 0.25) is 5.02 Å². The highest BCUT2D eigenvalue weighted by molar-refractivity contribution is 7.86. The second-order valence-electron chi connectivity index (χ2n) is 9.35. The van der Waals surface area contributed by atoms with Crippen molar-refractivity contribution in [1.82, 2.24) is 13.5 Å². The molecular weight excluding hydrogens is 462 g/mol. The second kappa shape index (κ2) is 10.8. The molecule has 8 nitrogen and oxygen atoms in total. The Balaban J connectivity index is 1.30. The largest absolute Gasteiger partial charge is 0.370 e. The standard InChI is InChI=1S/C23H36ClN5O3S/c1-26(20-8-4-2-5-9-20)33(31,32)29-16-14-28(15-17-29)23(30)25-19-10-11-22(21(24)18-19)27-12-6-3-7-13-27/h10-11,18,20H,2-9,12-17H2,1H3,(H,25,30). The molecule has 0 radical (unpaired) electrons. The highest BCUT2D eigenvalue weighted by Gasteiger charge is 2.35. The van der Waals surface area contributed by atoms with E-state index in [1.807, 2.05) is 12.1 Å². The Hall–Kier alpha value is -1.55. The topological polar surface area (TPSA) is 76.2 Å². The van der Waals surface area contributed by atoms with Gasteiger partial charge < -0.3 is 15.1 Å². The van der Waals surface area contributed by atoms with Crippen LogP contribution in [0.1, 0.15) is 51.4 Å². The molecule has 33 heavy (non-hydrogen) atoms. The lowest BCUT2D eigenvalue weighted by molar-refractivity contribution is 0.178. The summed E-state index contributed by atoms with van der Waals surface area (Å²) >= 11 is 6.51. The summed E-state index contributed by atoms with van der Waals surface area (Å²) in [6, 6.07) is 5.50. The van der Waals surface area contributed by atoms with E-state index in [1.165, 1.54) is 30.0 Å². The van der Waals surface area contributed by atoms with E-state index < -0.39 is 10.2 Å². The first kappa shape index (κ1) is 24.6. The summed E-state index contributed by atoms with van der Waals surface area (Å²) in [5.74, 6) is 0. The van der Waals surface area contributed by atoms with Gasteiger partial charge in [0.25, 0.3) is 10.2 Å². The highest BCUT2D eigenvalue weighted by Crippen LogP contribution is 2.31. The van der Waals surface area contributed by atoms with Gasteiger partial charge in [-0.2, -0.15) is 17.0 Å². The third-order valence-corrected chi connectivity index (χ3v) is 9.55. The SMILES string of the molecule is CN(C1CCCCC1)S(=O)(=O)N1CCN(C(=O)Nc2ccc(N3CCCCC3)c(Cl)c2)CC1. The van der Waals surface area contributed by atoms with Crippen LogP contribution in [-0.2, 0) is 10.2 Å². The predicted octanol–water partition coefficient (Wildman–Crippen LogP) is 3.99. The van der Waals surface area contributed by atoms with E-state index in [4.69, 9.17) is 11.6 Å². The van der Waals surface area contributed by atoms with Gasteiger partial charge in [-0.15, -0.1) is 0 Å². The maximum atomic E-state index is 13.1. The molecule has 1 aromatic carbocycles. The smallest absolute Gasteiger partial charge is 0.321 e. The zero-order valence-electron chi connectivity index (χ0n) is 19.5. The average Bonchev–Trinajstić information content (AvgIpc) is 2.85. The minimum atomic E-state index is -3.50. The molecule has 2 heterocycles. The van der Waals surface area contributed by atoms with Gasteiger partial charge in [-0.25, -0.2) is 4.79 Å². The Morgan fingerprint density at radius 1 is 0.970 bits per heavy atom.